The number of ether oxygens (including phenoxy) is 1. The number of benzene rings is 1. The lowest BCUT2D eigenvalue weighted by Crippen LogP contribution is -2.49. The van der Waals surface area contributed by atoms with Gasteiger partial charge in [0.1, 0.15) is 16.3 Å². The summed E-state index contributed by atoms with van der Waals surface area (Å²) in [4.78, 5) is 20.7. The number of nitrogens with one attached hydrogen (secondary N) is 1. The summed E-state index contributed by atoms with van der Waals surface area (Å²) in [5.74, 6) is 1.22. The van der Waals surface area contributed by atoms with Crippen LogP contribution in [0, 0.1) is 19.8 Å². The van der Waals surface area contributed by atoms with Crippen molar-refractivity contribution in [3.8, 4) is 5.75 Å². The summed E-state index contributed by atoms with van der Waals surface area (Å²) in [5.41, 5.74) is 2.54. The van der Waals surface area contributed by atoms with Gasteiger partial charge in [0.2, 0.25) is 10.0 Å². The van der Waals surface area contributed by atoms with Crippen molar-refractivity contribution < 1.29 is 17.9 Å². The van der Waals surface area contributed by atoms with Crippen molar-refractivity contribution in [2.45, 2.75) is 38.5 Å². The molecule has 1 N–H and O–H groups in total. The van der Waals surface area contributed by atoms with Crippen LogP contribution in [-0.4, -0.2) is 74.9 Å². The van der Waals surface area contributed by atoms with Gasteiger partial charge in [-0.3, -0.25) is 4.79 Å². The molecule has 3 heterocycles. The molecule has 0 unspecified atom stereocenters. The third-order valence-electron chi connectivity index (χ3n) is 6.93. The Balaban J connectivity index is 1.47. The molecule has 8 nitrogen and oxygen atoms in total. The summed E-state index contributed by atoms with van der Waals surface area (Å²) in [7, 11) is -1.98. The number of anilines is 1. The van der Waals surface area contributed by atoms with E-state index < -0.39 is 10.0 Å². The van der Waals surface area contributed by atoms with Gasteiger partial charge < -0.3 is 19.5 Å². The van der Waals surface area contributed by atoms with E-state index in [4.69, 9.17) is 4.74 Å². The molecule has 0 radical (unpaired) electrons. The van der Waals surface area contributed by atoms with Gasteiger partial charge in [-0.1, -0.05) is 6.92 Å². The van der Waals surface area contributed by atoms with E-state index in [1.807, 2.05) is 24.3 Å². The molecule has 33 heavy (non-hydrogen) atoms. The first kappa shape index (κ1) is 23.6. The highest BCUT2D eigenvalue weighted by Gasteiger charge is 2.34. The maximum absolute atomic E-state index is 13.4. The normalized spacial score (nSPS) is 18.5. The van der Waals surface area contributed by atoms with Gasteiger partial charge in [0.05, 0.1) is 7.11 Å². The average Bonchev–Trinajstić information content (AvgIpc) is 3.13. The number of aryl methyl sites for hydroxylation is 1. The number of H-pyrrole nitrogens is 1. The Morgan fingerprint density at radius 2 is 1.61 bits per heavy atom. The molecule has 4 rings (SSSR count). The van der Waals surface area contributed by atoms with Crippen LogP contribution < -0.4 is 9.64 Å². The second-order valence-electron chi connectivity index (χ2n) is 9.14. The molecule has 2 aromatic rings. The molecule has 180 valence electrons. The van der Waals surface area contributed by atoms with Crippen LogP contribution in [-0.2, 0) is 10.0 Å². The topological polar surface area (TPSA) is 86.0 Å². The minimum atomic E-state index is -3.63. The molecule has 9 heteroatoms. The van der Waals surface area contributed by atoms with Crippen molar-refractivity contribution in [3.63, 3.8) is 0 Å². The van der Waals surface area contributed by atoms with Crippen molar-refractivity contribution in [2.75, 3.05) is 51.3 Å². The first-order valence-electron chi connectivity index (χ1n) is 11.6. The lowest BCUT2D eigenvalue weighted by Gasteiger charge is -2.36. The minimum absolute atomic E-state index is 0.140. The van der Waals surface area contributed by atoms with Crippen molar-refractivity contribution >= 4 is 21.6 Å². The number of nitrogens with zero attached hydrogens (tertiary/aromatic N) is 3. The number of piperidine rings is 1. The molecule has 2 aliphatic heterocycles. The van der Waals surface area contributed by atoms with Gasteiger partial charge in [0, 0.05) is 50.6 Å². The van der Waals surface area contributed by atoms with E-state index in [1.54, 1.807) is 30.2 Å². The maximum Gasteiger partial charge on any atom is 0.270 e. The zero-order valence-corrected chi connectivity index (χ0v) is 20.7. The van der Waals surface area contributed by atoms with Gasteiger partial charge in [-0.15, -0.1) is 0 Å². The van der Waals surface area contributed by atoms with Crippen molar-refractivity contribution in [1.82, 2.24) is 14.2 Å². The van der Waals surface area contributed by atoms with E-state index >= 15 is 0 Å². The zero-order chi connectivity index (χ0) is 23.8. The highest BCUT2D eigenvalue weighted by atomic mass is 32.2. The molecule has 0 atom stereocenters. The molecule has 1 aromatic heterocycles. The number of rotatable bonds is 5. The molecule has 0 saturated carbocycles. The molecule has 1 amide bonds. The fourth-order valence-corrected chi connectivity index (χ4v) is 6.68. The first-order chi connectivity index (χ1) is 15.7. The first-order valence-corrected chi connectivity index (χ1v) is 13.0. The van der Waals surface area contributed by atoms with E-state index in [0.29, 0.717) is 62.1 Å². The van der Waals surface area contributed by atoms with E-state index in [9.17, 15) is 13.2 Å². The van der Waals surface area contributed by atoms with E-state index in [-0.39, 0.29) is 10.8 Å². The van der Waals surface area contributed by atoms with E-state index in [1.165, 1.54) is 0 Å². The van der Waals surface area contributed by atoms with Gasteiger partial charge in [-0.2, -0.15) is 4.31 Å². The van der Waals surface area contributed by atoms with Crippen molar-refractivity contribution in [1.29, 1.82) is 0 Å². The fraction of sp³-hybridized carbons (Fsp3) is 0.542. The van der Waals surface area contributed by atoms with Crippen molar-refractivity contribution in [3.05, 3.63) is 41.2 Å². The Kier molecular flexibility index (Phi) is 6.72. The number of sulfonamides is 1. The summed E-state index contributed by atoms with van der Waals surface area (Å²) in [5, 5.41) is 0. The van der Waals surface area contributed by atoms with E-state index in [0.717, 1.165) is 24.3 Å². The van der Waals surface area contributed by atoms with Gasteiger partial charge in [-0.05, 0) is 62.4 Å². The Morgan fingerprint density at radius 1 is 1.00 bits per heavy atom. The Bertz CT molecular complexity index is 1090. The number of hydrogen-bond donors (Lipinski definition) is 1. The molecular formula is C24H34N4O4S. The second kappa shape index (κ2) is 9.38. The summed E-state index contributed by atoms with van der Waals surface area (Å²) in [6.07, 6.45) is 1.73. The second-order valence-corrected chi connectivity index (χ2v) is 11.0. The molecule has 0 aliphatic carbocycles. The number of carbonyl (C=O) groups excluding carboxylic acids is 1. The predicted molar refractivity (Wildman–Crippen MR) is 129 cm³/mol. The monoisotopic (exact) mass is 474 g/mol. The van der Waals surface area contributed by atoms with Crippen LogP contribution in [0.1, 0.15) is 41.5 Å². The number of hydrogen-bond acceptors (Lipinski definition) is 5. The van der Waals surface area contributed by atoms with Crippen LogP contribution in [0.25, 0.3) is 0 Å². The highest BCUT2D eigenvalue weighted by Crippen LogP contribution is 2.30. The van der Waals surface area contributed by atoms with E-state index in [2.05, 4.69) is 16.8 Å². The van der Waals surface area contributed by atoms with Crippen LogP contribution in [0.3, 0.4) is 0 Å². The van der Waals surface area contributed by atoms with Gasteiger partial charge >= 0.3 is 0 Å². The molecule has 1 aromatic carbocycles. The quantitative estimate of drug-likeness (QED) is 0.720. The maximum atomic E-state index is 13.4. The Hall–Kier alpha value is -2.52. The molecule has 2 fully saturated rings. The van der Waals surface area contributed by atoms with Gasteiger partial charge in [-0.25, -0.2) is 8.42 Å². The predicted octanol–water partition coefficient (Wildman–Crippen LogP) is 3.02. The Morgan fingerprint density at radius 3 is 2.18 bits per heavy atom. The lowest BCUT2D eigenvalue weighted by atomic mass is 10.0. The molecular weight excluding hydrogens is 440 g/mol. The standard InChI is InChI=1S/C24H34N4O4S/c1-17-9-11-28(12-10-17)33(30,31)23-18(2)22(25-19(23)3)24(29)27-15-13-26(14-16-27)20-5-7-21(32-4)8-6-20/h5-8,17,25H,9-16H2,1-4H3. The number of amides is 1. The largest absolute Gasteiger partial charge is 0.497 e. The zero-order valence-electron chi connectivity index (χ0n) is 19.9. The fourth-order valence-electron chi connectivity index (χ4n) is 4.81. The molecule has 2 aliphatic rings. The smallest absolute Gasteiger partial charge is 0.270 e. The number of carbonyl (C=O) groups is 1. The number of piperazine rings is 1. The molecule has 0 bridgehead atoms. The summed E-state index contributed by atoms with van der Waals surface area (Å²) < 4.78 is 33.5. The number of methoxy groups -OCH3 is 1. The van der Waals surface area contributed by atoms with Crippen LogP contribution in [0.15, 0.2) is 29.2 Å². The average molecular weight is 475 g/mol. The third-order valence-corrected chi connectivity index (χ3v) is 9.10. The molecule has 2 saturated heterocycles. The van der Waals surface area contributed by atoms with Crippen molar-refractivity contribution in [2.24, 2.45) is 5.92 Å². The minimum Gasteiger partial charge on any atom is -0.497 e. The SMILES string of the molecule is COc1ccc(N2CCN(C(=O)c3[nH]c(C)c(S(=O)(=O)N4CCC(C)CC4)c3C)CC2)cc1. The van der Waals surface area contributed by atoms with Crippen LogP contribution in [0.4, 0.5) is 5.69 Å². The summed E-state index contributed by atoms with van der Waals surface area (Å²) in [6.45, 7) is 9.29. The number of aromatic nitrogens is 1. The van der Waals surface area contributed by atoms with Crippen LogP contribution in [0.5, 0.6) is 5.75 Å². The van der Waals surface area contributed by atoms with Gasteiger partial charge in [0.15, 0.2) is 0 Å². The molecule has 0 spiro atoms. The highest BCUT2D eigenvalue weighted by molar-refractivity contribution is 7.89. The lowest BCUT2D eigenvalue weighted by molar-refractivity contribution is 0.0740. The Labute approximate surface area is 196 Å². The van der Waals surface area contributed by atoms with Crippen LogP contribution >= 0.6 is 0 Å². The number of aromatic amines is 1. The summed E-state index contributed by atoms with van der Waals surface area (Å²) >= 11 is 0. The van der Waals surface area contributed by atoms with Gasteiger partial charge in [0.25, 0.3) is 5.91 Å². The summed E-state index contributed by atoms with van der Waals surface area (Å²) in [6, 6.07) is 7.91. The van der Waals surface area contributed by atoms with Crippen LogP contribution in [0.2, 0.25) is 0 Å². The third kappa shape index (κ3) is 4.61.